The second kappa shape index (κ2) is 6.77. The van der Waals surface area contributed by atoms with Crippen LogP contribution in [0.3, 0.4) is 0 Å². The van der Waals surface area contributed by atoms with Crippen molar-refractivity contribution in [2.45, 2.75) is 31.2 Å². The topological polar surface area (TPSA) is 21.3 Å². The molecule has 110 valence electrons. The molecule has 0 bridgehead atoms. The van der Waals surface area contributed by atoms with Crippen molar-refractivity contribution in [2.75, 3.05) is 13.7 Å². The summed E-state index contributed by atoms with van der Waals surface area (Å²) >= 11 is 0. The molecule has 0 aromatic heterocycles. The summed E-state index contributed by atoms with van der Waals surface area (Å²) in [5.41, 5.74) is 3.07. The lowest BCUT2D eigenvalue weighted by Gasteiger charge is -2.33. The molecular weight excluding hydrogens is 258 g/mol. The summed E-state index contributed by atoms with van der Waals surface area (Å²) in [6.45, 7) is 0.768. The van der Waals surface area contributed by atoms with Crippen molar-refractivity contribution >= 4 is 0 Å². The Morgan fingerprint density at radius 2 is 1.86 bits per heavy atom. The van der Waals surface area contributed by atoms with Crippen molar-refractivity contribution in [1.82, 2.24) is 5.32 Å². The van der Waals surface area contributed by atoms with Gasteiger partial charge in [-0.05, 0) is 55.5 Å². The minimum Gasteiger partial charge on any atom is -0.494 e. The molecule has 0 aliphatic heterocycles. The predicted molar refractivity (Wildman–Crippen MR) is 86.9 cm³/mol. The number of nitrogens with one attached hydrogen (secondary N) is 1. The first-order valence-electron chi connectivity index (χ1n) is 7.79. The van der Waals surface area contributed by atoms with Crippen LogP contribution in [0.4, 0.5) is 0 Å². The molecule has 2 unspecified atom stereocenters. The molecule has 0 saturated carbocycles. The Hall–Kier alpha value is -1.80. The first-order valence-corrected chi connectivity index (χ1v) is 7.79. The van der Waals surface area contributed by atoms with E-state index < -0.39 is 0 Å². The van der Waals surface area contributed by atoms with Crippen LogP contribution in [0.25, 0.3) is 0 Å². The first-order chi connectivity index (χ1) is 10.4. The van der Waals surface area contributed by atoms with E-state index in [4.69, 9.17) is 4.74 Å². The zero-order valence-corrected chi connectivity index (χ0v) is 12.6. The van der Waals surface area contributed by atoms with Gasteiger partial charge in [0.05, 0.1) is 6.61 Å². The van der Waals surface area contributed by atoms with E-state index >= 15 is 0 Å². The molecule has 1 N–H and O–H groups in total. The second-order valence-corrected chi connectivity index (χ2v) is 5.77. The lowest BCUT2D eigenvalue weighted by Crippen LogP contribution is -2.32. The Morgan fingerprint density at radius 1 is 1.10 bits per heavy atom. The van der Waals surface area contributed by atoms with E-state index in [0.717, 1.165) is 24.7 Å². The average Bonchev–Trinajstić information content (AvgIpc) is 2.52. The average molecular weight is 281 g/mol. The molecule has 2 atom stereocenters. The van der Waals surface area contributed by atoms with Crippen molar-refractivity contribution in [3.63, 3.8) is 0 Å². The minimum absolute atomic E-state index is 0.520. The second-order valence-electron chi connectivity index (χ2n) is 5.77. The fraction of sp³-hybridized carbons (Fsp3) is 0.368. The van der Waals surface area contributed by atoms with Gasteiger partial charge in [0.25, 0.3) is 0 Å². The number of para-hydroxylation sites is 1. The van der Waals surface area contributed by atoms with E-state index in [2.05, 4.69) is 36.6 Å². The summed E-state index contributed by atoms with van der Waals surface area (Å²) in [6, 6.07) is 19.4. The van der Waals surface area contributed by atoms with E-state index in [9.17, 15) is 0 Å². The molecule has 3 rings (SSSR count). The Labute approximate surface area is 127 Å². The van der Waals surface area contributed by atoms with Gasteiger partial charge >= 0.3 is 0 Å². The highest BCUT2D eigenvalue weighted by molar-refractivity contribution is 5.39. The summed E-state index contributed by atoms with van der Waals surface area (Å²) in [4.78, 5) is 0. The van der Waals surface area contributed by atoms with E-state index in [1.165, 1.54) is 18.4 Å². The molecule has 0 amide bonds. The third-order valence-electron chi connectivity index (χ3n) is 4.42. The van der Waals surface area contributed by atoms with Crippen LogP contribution in [0.15, 0.2) is 54.6 Å². The third kappa shape index (κ3) is 3.45. The number of ether oxygens (including phenoxy) is 1. The van der Waals surface area contributed by atoms with Crippen LogP contribution in [0, 0.1) is 0 Å². The van der Waals surface area contributed by atoms with Gasteiger partial charge in [-0.15, -0.1) is 0 Å². The Bertz CT molecular complexity index is 567. The lowest BCUT2D eigenvalue weighted by atomic mass is 9.74. The number of benzene rings is 2. The molecule has 2 aromatic carbocycles. The monoisotopic (exact) mass is 281 g/mol. The van der Waals surface area contributed by atoms with Gasteiger partial charge in [-0.2, -0.15) is 0 Å². The van der Waals surface area contributed by atoms with Crippen LogP contribution < -0.4 is 10.1 Å². The first kappa shape index (κ1) is 14.2. The Kier molecular flexibility index (Phi) is 4.56. The standard InChI is InChI=1S/C19H23NO/c1-20-17(11-12-21-18-8-3-2-4-9-18)14-16-13-15-7-5-6-10-19(15)16/h2-10,16-17,20H,11-14H2,1H3. The van der Waals surface area contributed by atoms with E-state index in [-0.39, 0.29) is 0 Å². The maximum atomic E-state index is 5.80. The predicted octanol–water partition coefficient (Wildman–Crippen LogP) is 3.77. The van der Waals surface area contributed by atoms with Crippen LogP contribution in [0.1, 0.15) is 29.9 Å². The van der Waals surface area contributed by atoms with Gasteiger partial charge in [0.1, 0.15) is 5.75 Å². The number of rotatable bonds is 7. The van der Waals surface area contributed by atoms with Gasteiger partial charge < -0.3 is 10.1 Å². The van der Waals surface area contributed by atoms with Crippen molar-refractivity contribution in [2.24, 2.45) is 0 Å². The van der Waals surface area contributed by atoms with E-state index in [1.807, 2.05) is 30.3 Å². The van der Waals surface area contributed by atoms with Crippen LogP contribution in [-0.4, -0.2) is 19.7 Å². The minimum atomic E-state index is 0.520. The summed E-state index contributed by atoms with van der Waals surface area (Å²) in [7, 11) is 2.05. The van der Waals surface area contributed by atoms with Gasteiger partial charge in [-0.1, -0.05) is 42.5 Å². The summed E-state index contributed by atoms with van der Waals surface area (Å²) in [5, 5.41) is 3.44. The van der Waals surface area contributed by atoms with Crippen LogP contribution >= 0.6 is 0 Å². The molecule has 2 nitrogen and oxygen atoms in total. The third-order valence-corrected chi connectivity index (χ3v) is 4.42. The van der Waals surface area contributed by atoms with E-state index in [1.54, 1.807) is 5.56 Å². The molecule has 0 saturated heterocycles. The SMILES string of the molecule is CNC(CCOc1ccccc1)CC1Cc2ccccc21. The van der Waals surface area contributed by atoms with Crippen molar-refractivity contribution in [3.8, 4) is 5.75 Å². The van der Waals surface area contributed by atoms with Gasteiger partial charge in [-0.3, -0.25) is 0 Å². The molecule has 1 aliphatic carbocycles. The summed E-state index contributed by atoms with van der Waals surface area (Å²) < 4.78 is 5.80. The highest BCUT2D eigenvalue weighted by atomic mass is 16.5. The zero-order chi connectivity index (χ0) is 14.5. The lowest BCUT2D eigenvalue weighted by molar-refractivity contribution is 0.278. The smallest absolute Gasteiger partial charge is 0.119 e. The van der Waals surface area contributed by atoms with Gasteiger partial charge in [0, 0.05) is 6.04 Å². The molecule has 0 fully saturated rings. The summed E-state index contributed by atoms with van der Waals surface area (Å²) in [5.74, 6) is 1.68. The molecule has 0 radical (unpaired) electrons. The molecule has 2 aromatic rings. The van der Waals surface area contributed by atoms with E-state index in [0.29, 0.717) is 6.04 Å². The van der Waals surface area contributed by atoms with Crippen molar-refractivity contribution < 1.29 is 4.74 Å². The highest BCUT2D eigenvalue weighted by Gasteiger charge is 2.27. The van der Waals surface area contributed by atoms with Crippen molar-refractivity contribution in [1.29, 1.82) is 0 Å². The van der Waals surface area contributed by atoms with Crippen LogP contribution in [-0.2, 0) is 6.42 Å². The van der Waals surface area contributed by atoms with Crippen molar-refractivity contribution in [3.05, 3.63) is 65.7 Å². The zero-order valence-electron chi connectivity index (χ0n) is 12.6. The van der Waals surface area contributed by atoms with Crippen LogP contribution in [0.5, 0.6) is 5.75 Å². The Morgan fingerprint density at radius 3 is 2.62 bits per heavy atom. The maximum absolute atomic E-state index is 5.80. The summed E-state index contributed by atoms with van der Waals surface area (Å²) in [6.07, 6.45) is 3.48. The maximum Gasteiger partial charge on any atom is 0.119 e. The molecule has 0 heterocycles. The quantitative estimate of drug-likeness (QED) is 0.834. The molecule has 21 heavy (non-hydrogen) atoms. The molecule has 1 aliphatic rings. The number of hydrogen-bond donors (Lipinski definition) is 1. The fourth-order valence-electron chi connectivity index (χ4n) is 3.13. The Balaban J connectivity index is 1.46. The fourth-order valence-corrected chi connectivity index (χ4v) is 3.13. The van der Waals surface area contributed by atoms with Gasteiger partial charge in [0.2, 0.25) is 0 Å². The number of hydrogen-bond acceptors (Lipinski definition) is 2. The van der Waals surface area contributed by atoms with Gasteiger partial charge in [-0.25, -0.2) is 0 Å². The highest BCUT2D eigenvalue weighted by Crippen LogP contribution is 2.38. The molecular formula is C19H23NO. The normalized spacial score (nSPS) is 17.7. The largest absolute Gasteiger partial charge is 0.494 e. The molecule has 2 heteroatoms. The molecule has 0 spiro atoms. The van der Waals surface area contributed by atoms with Crippen LogP contribution in [0.2, 0.25) is 0 Å². The van der Waals surface area contributed by atoms with Gasteiger partial charge in [0.15, 0.2) is 0 Å². The number of fused-ring (bicyclic) bond motifs is 1.